The highest BCUT2D eigenvalue weighted by Gasteiger charge is 2.35. The maximum Gasteiger partial charge on any atom is 0.320 e. The molecular weight excluding hydrogens is 292 g/mol. The van der Waals surface area contributed by atoms with Gasteiger partial charge < -0.3 is 15.4 Å². The van der Waals surface area contributed by atoms with Gasteiger partial charge in [0.2, 0.25) is 0 Å². The number of hydrogen-bond acceptors (Lipinski definition) is 3. The third-order valence-electron chi connectivity index (χ3n) is 4.24. The molecule has 0 aliphatic carbocycles. The molecule has 1 aromatic carbocycles. The number of aryl methyl sites for hydroxylation is 1. The number of nitrogens with zero attached hydrogens (tertiary/aromatic N) is 2. The van der Waals surface area contributed by atoms with Crippen LogP contribution in [0.3, 0.4) is 0 Å². The summed E-state index contributed by atoms with van der Waals surface area (Å²) in [6.45, 7) is 4.06. The molecular formula is C17H22N4O2. The standard InChI is InChI=1S/C17H22N4O2/c1-2-21-13-15(12-18-21)19-16(22)20-17(8-10-23-11-9-17)14-6-4-3-5-7-14/h3-7,12-13H,2,8-11H2,1H3,(H2,19,20,22). The van der Waals surface area contributed by atoms with Crippen molar-refractivity contribution in [3.8, 4) is 0 Å². The zero-order valence-electron chi connectivity index (χ0n) is 13.3. The molecule has 122 valence electrons. The number of benzene rings is 1. The first kappa shape index (κ1) is 15.6. The van der Waals surface area contributed by atoms with Gasteiger partial charge in [0.1, 0.15) is 0 Å². The van der Waals surface area contributed by atoms with E-state index in [1.807, 2.05) is 31.3 Å². The highest BCUT2D eigenvalue weighted by atomic mass is 16.5. The molecule has 0 bridgehead atoms. The summed E-state index contributed by atoms with van der Waals surface area (Å²) in [6, 6.07) is 9.87. The SMILES string of the molecule is CCn1cc(NC(=O)NC2(c3ccccc3)CCOCC2)cn1. The number of nitrogens with one attached hydrogen (secondary N) is 2. The quantitative estimate of drug-likeness (QED) is 0.912. The molecule has 1 aromatic heterocycles. The van der Waals surface area contributed by atoms with Gasteiger partial charge in [0.15, 0.2) is 0 Å². The van der Waals surface area contributed by atoms with Gasteiger partial charge in [-0.05, 0) is 25.3 Å². The Morgan fingerprint density at radius 1 is 1.30 bits per heavy atom. The fourth-order valence-corrected chi connectivity index (χ4v) is 2.94. The summed E-state index contributed by atoms with van der Waals surface area (Å²) in [5.74, 6) is 0. The van der Waals surface area contributed by atoms with E-state index in [4.69, 9.17) is 4.74 Å². The Kier molecular flexibility index (Phi) is 4.62. The third-order valence-corrected chi connectivity index (χ3v) is 4.24. The van der Waals surface area contributed by atoms with Gasteiger partial charge in [-0.25, -0.2) is 4.79 Å². The molecule has 1 aliphatic heterocycles. The van der Waals surface area contributed by atoms with E-state index in [0.717, 1.165) is 24.9 Å². The Hall–Kier alpha value is -2.34. The van der Waals surface area contributed by atoms with E-state index in [0.29, 0.717) is 18.9 Å². The van der Waals surface area contributed by atoms with Crippen molar-refractivity contribution in [1.29, 1.82) is 0 Å². The molecule has 0 atom stereocenters. The highest BCUT2D eigenvalue weighted by Crippen LogP contribution is 2.32. The topological polar surface area (TPSA) is 68.2 Å². The second-order valence-corrected chi connectivity index (χ2v) is 5.72. The smallest absolute Gasteiger partial charge is 0.320 e. The molecule has 0 spiro atoms. The van der Waals surface area contributed by atoms with E-state index in [1.54, 1.807) is 10.9 Å². The summed E-state index contributed by atoms with van der Waals surface area (Å²) in [6.07, 6.45) is 5.00. The third kappa shape index (κ3) is 3.53. The summed E-state index contributed by atoms with van der Waals surface area (Å²) >= 11 is 0. The van der Waals surface area contributed by atoms with Gasteiger partial charge in [-0.1, -0.05) is 30.3 Å². The number of carbonyl (C=O) groups is 1. The van der Waals surface area contributed by atoms with Crippen molar-refractivity contribution in [3.05, 3.63) is 48.3 Å². The van der Waals surface area contributed by atoms with Crippen LogP contribution < -0.4 is 10.6 Å². The number of amides is 2. The van der Waals surface area contributed by atoms with Crippen molar-refractivity contribution in [3.63, 3.8) is 0 Å². The summed E-state index contributed by atoms with van der Waals surface area (Å²) < 4.78 is 7.25. The number of carbonyl (C=O) groups excluding carboxylic acids is 1. The predicted molar refractivity (Wildman–Crippen MR) is 88.2 cm³/mol. The lowest BCUT2D eigenvalue weighted by atomic mass is 9.83. The van der Waals surface area contributed by atoms with E-state index in [9.17, 15) is 4.79 Å². The van der Waals surface area contributed by atoms with Crippen molar-refractivity contribution >= 4 is 11.7 Å². The summed E-state index contributed by atoms with van der Waals surface area (Å²) in [5.41, 5.74) is 1.42. The Morgan fingerprint density at radius 2 is 2.04 bits per heavy atom. The number of hydrogen-bond donors (Lipinski definition) is 2. The normalized spacial score (nSPS) is 16.7. The first-order chi connectivity index (χ1) is 11.2. The average molecular weight is 314 g/mol. The molecule has 2 N–H and O–H groups in total. The van der Waals surface area contributed by atoms with Crippen LogP contribution in [0.1, 0.15) is 25.3 Å². The lowest BCUT2D eigenvalue weighted by molar-refractivity contribution is 0.0418. The molecule has 0 radical (unpaired) electrons. The number of rotatable bonds is 4. The fourth-order valence-electron chi connectivity index (χ4n) is 2.94. The van der Waals surface area contributed by atoms with Crippen LogP contribution in [0.15, 0.2) is 42.7 Å². The zero-order chi connectivity index (χ0) is 16.1. The first-order valence-electron chi connectivity index (χ1n) is 7.97. The highest BCUT2D eigenvalue weighted by molar-refractivity contribution is 5.89. The van der Waals surface area contributed by atoms with E-state index < -0.39 is 0 Å². The molecule has 2 amide bonds. The molecule has 6 heteroatoms. The maximum absolute atomic E-state index is 12.5. The number of urea groups is 1. The summed E-state index contributed by atoms with van der Waals surface area (Å²) in [5, 5.41) is 10.2. The number of ether oxygens (including phenoxy) is 1. The molecule has 2 aromatic rings. The molecule has 6 nitrogen and oxygen atoms in total. The van der Waals surface area contributed by atoms with E-state index in [-0.39, 0.29) is 11.6 Å². The minimum absolute atomic E-state index is 0.216. The van der Waals surface area contributed by atoms with Crippen LogP contribution in [0, 0.1) is 0 Å². The molecule has 0 unspecified atom stereocenters. The zero-order valence-corrected chi connectivity index (χ0v) is 13.3. The lowest BCUT2D eigenvalue weighted by Gasteiger charge is -2.38. The van der Waals surface area contributed by atoms with Gasteiger partial charge in [-0.3, -0.25) is 4.68 Å². The van der Waals surface area contributed by atoms with Crippen LogP contribution in [0.2, 0.25) is 0 Å². The number of anilines is 1. The van der Waals surface area contributed by atoms with E-state index >= 15 is 0 Å². The minimum atomic E-state index is -0.385. The Labute approximate surface area is 135 Å². The Morgan fingerprint density at radius 3 is 2.70 bits per heavy atom. The maximum atomic E-state index is 12.5. The molecule has 1 saturated heterocycles. The van der Waals surface area contributed by atoms with Crippen LogP contribution in [0.4, 0.5) is 10.5 Å². The van der Waals surface area contributed by atoms with Gasteiger partial charge in [0.05, 0.1) is 17.4 Å². The van der Waals surface area contributed by atoms with Crippen LogP contribution in [-0.2, 0) is 16.8 Å². The Bertz CT molecular complexity index is 648. The summed E-state index contributed by atoms with van der Waals surface area (Å²) in [4.78, 5) is 12.5. The van der Waals surface area contributed by atoms with Gasteiger partial charge in [-0.15, -0.1) is 0 Å². The van der Waals surface area contributed by atoms with Crippen molar-refractivity contribution < 1.29 is 9.53 Å². The van der Waals surface area contributed by atoms with E-state index in [1.165, 1.54) is 0 Å². The van der Waals surface area contributed by atoms with Gasteiger partial charge in [-0.2, -0.15) is 5.10 Å². The van der Waals surface area contributed by atoms with Crippen LogP contribution >= 0.6 is 0 Å². The van der Waals surface area contributed by atoms with Crippen molar-refractivity contribution in [1.82, 2.24) is 15.1 Å². The Balaban J connectivity index is 1.74. The second kappa shape index (κ2) is 6.83. The second-order valence-electron chi connectivity index (χ2n) is 5.72. The van der Waals surface area contributed by atoms with Crippen molar-refractivity contribution in [2.24, 2.45) is 0 Å². The molecule has 2 heterocycles. The molecule has 1 fully saturated rings. The predicted octanol–water partition coefficient (Wildman–Crippen LogP) is 2.73. The molecule has 3 rings (SSSR count). The van der Waals surface area contributed by atoms with Crippen LogP contribution in [0.25, 0.3) is 0 Å². The molecule has 23 heavy (non-hydrogen) atoms. The van der Waals surface area contributed by atoms with Crippen molar-refractivity contribution in [2.75, 3.05) is 18.5 Å². The number of aromatic nitrogens is 2. The van der Waals surface area contributed by atoms with E-state index in [2.05, 4.69) is 27.9 Å². The van der Waals surface area contributed by atoms with Crippen LogP contribution in [0.5, 0.6) is 0 Å². The molecule has 1 aliphatic rings. The average Bonchev–Trinajstić information content (AvgIpc) is 3.04. The van der Waals surface area contributed by atoms with Gasteiger partial charge in [0.25, 0.3) is 0 Å². The van der Waals surface area contributed by atoms with Gasteiger partial charge in [0, 0.05) is 26.0 Å². The monoisotopic (exact) mass is 314 g/mol. The summed E-state index contributed by atoms with van der Waals surface area (Å²) in [7, 11) is 0. The lowest BCUT2D eigenvalue weighted by Crippen LogP contribution is -2.50. The van der Waals surface area contributed by atoms with Gasteiger partial charge >= 0.3 is 6.03 Å². The largest absolute Gasteiger partial charge is 0.381 e. The van der Waals surface area contributed by atoms with Crippen molar-refractivity contribution in [2.45, 2.75) is 31.8 Å². The minimum Gasteiger partial charge on any atom is -0.381 e. The first-order valence-corrected chi connectivity index (χ1v) is 7.97. The van der Waals surface area contributed by atoms with Crippen LogP contribution in [-0.4, -0.2) is 29.0 Å². The molecule has 0 saturated carbocycles. The fraction of sp³-hybridized carbons (Fsp3) is 0.412.